The van der Waals surface area contributed by atoms with Crippen LogP contribution in [0.1, 0.15) is 35.2 Å². The van der Waals surface area contributed by atoms with Gasteiger partial charge in [0.15, 0.2) is 0 Å². The number of halogens is 1. The summed E-state index contributed by atoms with van der Waals surface area (Å²) in [6.45, 7) is 1.68. The van der Waals surface area contributed by atoms with Gasteiger partial charge >= 0.3 is 6.03 Å². The van der Waals surface area contributed by atoms with Crippen LogP contribution in [0.25, 0.3) is 0 Å². The predicted octanol–water partition coefficient (Wildman–Crippen LogP) is 3.79. The topological polar surface area (TPSA) is 70.7 Å². The number of carbonyl (C=O) groups excluding carboxylic acids is 2. The number of rotatable bonds is 5. The molecule has 1 atom stereocenters. The van der Waals surface area contributed by atoms with Crippen LogP contribution in [0.15, 0.2) is 48.5 Å². The van der Waals surface area contributed by atoms with Crippen molar-refractivity contribution in [3.63, 3.8) is 0 Å². The zero-order valence-electron chi connectivity index (χ0n) is 16.5. The number of amides is 3. The molecule has 0 spiro atoms. The number of nitrogens with one attached hydrogen (secondary N) is 2. The van der Waals surface area contributed by atoms with E-state index in [-0.39, 0.29) is 23.9 Å². The summed E-state index contributed by atoms with van der Waals surface area (Å²) in [5, 5.41) is 5.67. The van der Waals surface area contributed by atoms with E-state index in [0.717, 1.165) is 24.8 Å². The van der Waals surface area contributed by atoms with Crippen molar-refractivity contribution in [2.24, 2.45) is 0 Å². The summed E-state index contributed by atoms with van der Waals surface area (Å²) in [6.07, 6.45) is 2.92. The first-order valence-corrected chi connectivity index (χ1v) is 9.76. The van der Waals surface area contributed by atoms with Gasteiger partial charge in [0.25, 0.3) is 5.91 Å². The highest BCUT2D eigenvalue weighted by atomic mass is 19.1. The Bertz CT molecular complexity index is 824. The minimum Gasteiger partial charge on any atom is -0.381 e. The molecule has 2 aromatic rings. The summed E-state index contributed by atoms with van der Waals surface area (Å²) in [6, 6.07) is 12.6. The number of nitrogens with zero attached hydrogens (tertiary/aromatic N) is 1. The van der Waals surface area contributed by atoms with E-state index in [4.69, 9.17) is 4.74 Å². The van der Waals surface area contributed by atoms with Crippen LogP contribution in [0.3, 0.4) is 0 Å². The molecular formula is C22H26FN3O3. The van der Waals surface area contributed by atoms with Gasteiger partial charge in [-0.2, -0.15) is 0 Å². The van der Waals surface area contributed by atoms with E-state index in [1.54, 1.807) is 48.4 Å². The second kappa shape index (κ2) is 10.0. The maximum atomic E-state index is 12.9. The first-order valence-electron chi connectivity index (χ1n) is 9.76. The molecule has 3 amide bonds. The molecule has 29 heavy (non-hydrogen) atoms. The van der Waals surface area contributed by atoms with Crippen molar-refractivity contribution in [2.45, 2.75) is 31.9 Å². The minimum atomic E-state index is -0.309. The summed E-state index contributed by atoms with van der Waals surface area (Å²) >= 11 is 0. The number of urea groups is 1. The SMILES string of the molecule is COC1CCCN(C(=O)Nc2ccc(C(=O)NCc3ccc(F)cc3)cc2)CC1. The van der Waals surface area contributed by atoms with Gasteiger partial charge in [0.1, 0.15) is 5.82 Å². The molecular weight excluding hydrogens is 373 g/mol. The van der Waals surface area contributed by atoms with Crippen LogP contribution in [0.5, 0.6) is 0 Å². The van der Waals surface area contributed by atoms with E-state index in [0.29, 0.717) is 30.9 Å². The molecule has 0 bridgehead atoms. The molecule has 6 nitrogen and oxygen atoms in total. The van der Waals surface area contributed by atoms with Gasteiger partial charge in [-0.3, -0.25) is 4.79 Å². The van der Waals surface area contributed by atoms with E-state index in [9.17, 15) is 14.0 Å². The fraction of sp³-hybridized carbons (Fsp3) is 0.364. The highest BCUT2D eigenvalue weighted by Crippen LogP contribution is 2.16. The maximum Gasteiger partial charge on any atom is 0.321 e. The van der Waals surface area contributed by atoms with Crippen LogP contribution in [0, 0.1) is 5.82 Å². The standard InChI is InChI=1S/C22H26FN3O3/c1-29-20-3-2-13-26(14-12-20)22(28)25-19-10-6-17(7-11-19)21(27)24-15-16-4-8-18(23)9-5-16/h4-11,20H,2-3,12-15H2,1H3,(H,24,27)(H,25,28). The van der Waals surface area contributed by atoms with Gasteiger partial charge in [-0.25, -0.2) is 9.18 Å². The van der Waals surface area contributed by atoms with E-state index in [1.165, 1.54) is 12.1 Å². The predicted molar refractivity (Wildman–Crippen MR) is 109 cm³/mol. The zero-order valence-corrected chi connectivity index (χ0v) is 16.5. The summed E-state index contributed by atoms with van der Waals surface area (Å²) in [5.41, 5.74) is 1.94. The molecule has 154 valence electrons. The molecule has 7 heteroatoms. The molecule has 0 radical (unpaired) electrons. The lowest BCUT2D eigenvalue weighted by molar-refractivity contribution is 0.0908. The summed E-state index contributed by atoms with van der Waals surface area (Å²) in [5.74, 6) is -0.540. The largest absolute Gasteiger partial charge is 0.381 e. The molecule has 3 rings (SSSR count). The van der Waals surface area contributed by atoms with Crippen LogP contribution in [0.2, 0.25) is 0 Å². The molecule has 0 saturated carbocycles. The monoisotopic (exact) mass is 399 g/mol. The molecule has 1 aliphatic rings. The quantitative estimate of drug-likeness (QED) is 0.804. The molecule has 1 saturated heterocycles. The third kappa shape index (κ3) is 6.02. The van der Waals surface area contributed by atoms with Gasteiger partial charge in [-0.05, 0) is 61.2 Å². The van der Waals surface area contributed by atoms with Crippen LogP contribution < -0.4 is 10.6 Å². The number of anilines is 1. The lowest BCUT2D eigenvalue weighted by Gasteiger charge is -2.21. The second-order valence-electron chi connectivity index (χ2n) is 7.09. The Morgan fingerprint density at radius 2 is 1.79 bits per heavy atom. The Hall–Kier alpha value is -2.93. The van der Waals surface area contributed by atoms with Crippen molar-refractivity contribution in [3.8, 4) is 0 Å². The Balaban J connectivity index is 1.50. The fourth-order valence-corrected chi connectivity index (χ4v) is 3.30. The van der Waals surface area contributed by atoms with E-state index in [1.807, 2.05) is 0 Å². The van der Waals surface area contributed by atoms with Crippen molar-refractivity contribution in [2.75, 3.05) is 25.5 Å². The first kappa shape index (κ1) is 20.8. The Morgan fingerprint density at radius 3 is 2.48 bits per heavy atom. The highest BCUT2D eigenvalue weighted by Gasteiger charge is 2.20. The van der Waals surface area contributed by atoms with Crippen molar-refractivity contribution in [3.05, 3.63) is 65.5 Å². The van der Waals surface area contributed by atoms with E-state index >= 15 is 0 Å². The number of carbonyl (C=O) groups is 2. The van der Waals surface area contributed by atoms with Gasteiger partial charge in [0.05, 0.1) is 6.10 Å². The number of likely N-dealkylation sites (tertiary alicyclic amines) is 1. The zero-order chi connectivity index (χ0) is 20.6. The number of hydrogen-bond donors (Lipinski definition) is 2. The lowest BCUT2D eigenvalue weighted by Crippen LogP contribution is -2.36. The van der Waals surface area contributed by atoms with Crippen molar-refractivity contribution < 1.29 is 18.7 Å². The van der Waals surface area contributed by atoms with E-state index in [2.05, 4.69) is 10.6 Å². The molecule has 0 aliphatic carbocycles. The van der Waals surface area contributed by atoms with Gasteiger partial charge in [0, 0.05) is 38.0 Å². The average molecular weight is 399 g/mol. The van der Waals surface area contributed by atoms with Gasteiger partial charge in [-0.15, -0.1) is 0 Å². The Morgan fingerprint density at radius 1 is 1.07 bits per heavy atom. The van der Waals surface area contributed by atoms with Gasteiger partial charge in [-0.1, -0.05) is 12.1 Å². The molecule has 1 aliphatic heterocycles. The van der Waals surface area contributed by atoms with Crippen LogP contribution in [0.4, 0.5) is 14.9 Å². The summed E-state index contributed by atoms with van der Waals surface area (Å²) in [4.78, 5) is 26.5. The lowest BCUT2D eigenvalue weighted by atomic mass is 10.1. The number of benzene rings is 2. The average Bonchev–Trinajstić information content (AvgIpc) is 2.99. The second-order valence-corrected chi connectivity index (χ2v) is 7.09. The third-order valence-electron chi connectivity index (χ3n) is 5.06. The summed E-state index contributed by atoms with van der Waals surface area (Å²) in [7, 11) is 1.71. The highest BCUT2D eigenvalue weighted by molar-refractivity contribution is 5.95. The normalized spacial score (nSPS) is 16.8. The maximum absolute atomic E-state index is 12.9. The first-order chi connectivity index (χ1) is 14.0. The van der Waals surface area contributed by atoms with E-state index < -0.39 is 0 Å². The van der Waals surface area contributed by atoms with Crippen LogP contribution >= 0.6 is 0 Å². The smallest absolute Gasteiger partial charge is 0.321 e. The molecule has 0 aromatic heterocycles. The van der Waals surface area contributed by atoms with Gasteiger partial charge in [0.2, 0.25) is 0 Å². The number of ether oxygens (including phenoxy) is 1. The minimum absolute atomic E-state index is 0.143. The molecule has 1 fully saturated rings. The molecule has 1 unspecified atom stereocenters. The molecule has 1 heterocycles. The number of methoxy groups -OCH3 is 1. The molecule has 2 N–H and O–H groups in total. The molecule has 2 aromatic carbocycles. The van der Waals surface area contributed by atoms with Crippen molar-refractivity contribution >= 4 is 17.6 Å². The summed E-state index contributed by atoms with van der Waals surface area (Å²) < 4.78 is 18.3. The van der Waals surface area contributed by atoms with Gasteiger partial charge < -0.3 is 20.3 Å². The third-order valence-corrected chi connectivity index (χ3v) is 5.06. The van der Waals surface area contributed by atoms with Crippen LogP contribution in [-0.4, -0.2) is 43.1 Å². The van der Waals surface area contributed by atoms with Crippen molar-refractivity contribution in [1.82, 2.24) is 10.2 Å². The Labute approximate surface area is 170 Å². The van der Waals surface area contributed by atoms with Crippen LogP contribution in [-0.2, 0) is 11.3 Å². The van der Waals surface area contributed by atoms with Crippen molar-refractivity contribution in [1.29, 1.82) is 0 Å². The fourth-order valence-electron chi connectivity index (χ4n) is 3.30. The Kier molecular flexibility index (Phi) is 7.19. The number of hydrogen-bond acceptors (Lipinski definition) is 3.